The fraction of sp³-hybridized carbons (Fsp3) is 0.333. The average molecular weight is 359 g/mol. The van der Waals surface area contributed by atoms with Crippen molar-refractivity contribution >= 4 is 19.0 Å². The molecular formula is C15H18BN5O5. The van der Waals surface area contributed by atoms with Crippen molar-refractivity contribution in [2.45, 2.75) is 25.3 Å². The number of fused-ring (bicyclic) bond motifs is 1. The maximum atomic E-state index is 12.2. The summed E-state index contributed by atoms with van der Waals surface area (Å²) >= 11 is 0. The molecule has 1 atom stereocenters. The first-order valence-electron chi connectivity index (χ1n) is 8.05. The third-order valence-electron chi connectivity index (χ3n) is 3.95. The van der Waals surface area contributed by atoms with Crippen molar-refractivity contribution in [3.05, 3.63) is 41.5 Å². The van der Waals surface area contributed by atoms with Crippen LogP contribution in [0.2, 0.25) is 0 Å². The molecule has 0 radical (unpaired) electrons. The van der Waals surface area contributed by atoms with Gasteiger partial charge in [0, 0.05) is 6.42 Å². The van der Waals surface area contributed by atoms with Gasteiger partial charge in [-0.3, -0.25) is 4.79 Å². The van der Waals surface area contributed by atoms with E-state index >= 15 is 0 Å². The van der Waals surface area contributed by atoms with Gasteiger partial charge in [0.05, 0.1) is 11.5 Å². The second kappa shape index (κ2) is 7.54. The van der Waals surface area contributed by atoms with Crippen LogP contribution in [0.1, 0.15) is 21.7 Å². The molecule has 10 nitrogen and oxygen atoms in total. The number of carbonyl (C=O) groups is 2. The zero-order valence-electron chi connectivity index (χ0n) is 13.8. The van der Waals surface area contributed by atoms with Crippen molar-refractivity contribution in [2.24, 2.45) is 5.73 Å². The van der Waals surface area contributed by atoms with Gasteiger partial charge in [0.25, 0.3) is 0 Å². The number of rotatable bonds is 6. The molecule has 0 spiro atoms. The number of amides is 1. The normalized spacial score (nSPS) is 15.9. The molecule has 136 valence electrons. The lowest BCUT2D eigenvalue weighted by Gasteiger charge is -2.28. The maximum Gasteiger partial charge on any atom is 0.547 e. The summed E-state index contributed by atoms with van der Waals surface area (Å²) in [4.78, 5) is 27.5. The van der Waals surface area contributed by atoms with E-state index in [9.17, 15) is 19.7 Å². The largest absolute Gasteiger partial charge is 0.547 e. The number of nitrogens with one attached hydrogen (secondary N) is 1. The number of aromatic nitrogens is 3. The fourth-order valence-corrected chi connectivity index (χ4v) is 2.77. The Kier molecular flexibility index (Phi) is 5.19. The van der Waals surface area contributed by atoms with Crippen molar-refractivity contribution < 1.29 is 24.4 Å². The topological polar surface area (TPSA) is 153 Å². The molecule has 1 aromatic heterocycles. The maximum absolute atomic E-state index is 12.2. The van der Waals surface area contributed by atoms with Crippen molar-refractivity contribution in [3.8, 4) is 5.75 Å². The van der Waals surface area contributed by atoms with E-state index in [2.05, 4.69) is 15.4 Å². The molecular weight excluding hydrogens is 341 g/mol. The van der Waals surface area contributed by atoms with Gasteiger partial charge in [0.2, 0.25) is 5.91 Å². The van der Waals surface area contributed by atoms with Gasteiger partial charge in [-0.2, -0.15) is 5.10 Å². The molecule has 0 aliphatic carbocycles. The first-order valence-corrected chi connectivity index (χ1v) is 8.05. The molecule has 1 aliphatic rings. The second-order valence-electron chi connectivity index (χ2n) is 5.88. The molecule has 0 fully saturated rings. The number of carbonyl (C=O) groups excluding carboxylic acids is 1. The molecule has 1 aromatic carbocycles. The van der Waals surface area contributed by atoms with Crippen LogP contribution < -0.4 is 15.7 Å². The molecule has 11 heteroatoms. The molecule has 0 bridgehead atoms. The molecule has 0 unspecified atom stereocenters. The van der Waals surface area contributed by atoms with Crippen LogP contribution in [0.4, 0.5) is 0 Å². The summed E-state index contributed by atoms with van der Waals surface area (Å²) in [6.07, 6.45) is 2.21. The van der Waals surface area contributed by atoms with Gasteiger partial charge >= 0.3 is 13.1 Å². The highest BCUT2D eigenvalue weighted by Crippen LogP contribution is 2.30. The third-order valence-corrected chi connectivity index (χ3v) is 3.95. The molecule has 1 aliphatic heterocycles. The Morgan fingerprint density at radius 2 is 2.27 bits per heavy atom. The van der Waals surface area contributed by atoms with Crippen LogP contribution in [0.5, 0.6) is 5.75 Å². The standard InChI is InChI=1S/C15H18BN5O5/c17-5-4-12-18-8-21(20-12)7-13(22)19-11-6-9-2-1-3-10(15(23)24)14(9)26-16(11)25/h1-3,8,11,25H,4-7,17H2,(H,19,22)(H,23,24)/t11-/m0/s1. The van der Waals surface area contributed by atoms with Gasteiger partial charge in [0.15, 0.2) is 5.82 Å². The predicted octanol–water partition coefficient (Wildman–Crippen LogP) is -1.38. The van der Waals surface area contributed by atoms with Crippen LogP contribution in [0.3, 0.4) is 0 Å². The number of nitrogens with two attached hydrogens (primary N) is 1. The van der Waals surface area contributed by atoms with Crippen LogP contribution in [0, 0.1) is 0 Å². The van der Waals surface area contributed by atoms with E-state index in [0.29, 0.717) is 24.4 Å². The van der Waals surface area contributed by atoms with Crippen LogP contribution in [-0.2, 0) is 24.2 Å². The van der Waals surface area contributed by atoms with E-state index in [0.717, 1.165) is 0 Å². The number of para-hydroxylation sites is 1. The number of aromatic carboxylic acids is 1. The van der Waals surface area contributed by atoms with E-state index in [1.165, 1.54) is 17.1 Å². The second-order valence-corrected chi connectivity index (χ2v) is 5.88. The van der Waals surface area contributed by atoms with Gasteiger partial charge in [-0.25, -0.2) is 14.5 Å². The number of benzene rings is 1. The number of hydrogen-bond donors (Lipinski definition) is 4. The minimum Gasteiger partial charge on any atom is -0.534 e. The van der Waals surface area contributed by atoms with Gasteiger partial charge in [-0.05, 0) is 24.6 Å². The summed E-state index contributed by atoms with van der Waals surface area (Å²) < 4.78 is 6.72. The van der Waals surface area contributed by atoms with Crippen LogP contribution in [0.25, 0.3) is 0 Å². The minimum absolute atomic E-state index is 0.0265. The first kappa shape index (κ1) is 17.9. The molecule has 5 N–H and O–H groups in total. The Balaban J connectivity index is 1.66. The summed E-state index contributed by atoms with van der Waals surface area (Å²) in [6.45, 7) is 0.350. The zero-order valence-corrected chi connectivity index (χ0v) is 13.8. The van der Waals surface area contributed by atoms with E-state index in [4.69, 9.17) is 10.4 Å². The lowest BCUT2D eigenvalue weighted by atomic mass is 9.72. The highest BCUT2D eigenvalue weighted by Gasteiger charge is 2.37. The monoisotopic (exact) mass is 359 g/mol. The Morgan fingerprint density at radius 3 is 3.00 bits per heavy atom. The Hall–Kier alpha value is -2.92. The number of hydrogen-bond acceptors (Lipinski definition) is 7. The van der Waals surface area contributed by atoms with E-state index in [1.807, 2.05) is 0 Å². The fourth-order valence-electron chi connectivity index (χ4n) is 2.77. The SMILES string of the molecule is NCCc1ncn(CC(=O)N[C@H]2Cc3cccc(C(=O)O)c3OB2O)n1. The van der Waals surface area contributed by atoms with Crippen molar-refractivity contribution in [1.82, 2.24) is 20.1 Å². The van der Waals surface area contributed by atoms with Crippen molar-refractivity contribution in [1.29, 1.82) is 0 Å². The lowest BCUT2D eigenvalue weighted by Crippen LogP contribution is -2.53. The first-order chi connectivity index (χ1) is 12.5. The smallest absolute Gasteiger partial charge is 0.534 e. The summed E-state index contributed by atoms with van der Waals surface area (Å²) in [5.41, 5.74) is 6.01. The van der Waals surface area contributed by atoms with Crippen LogP contribution in [0.15, 0.2) is 24.5 Å². The van der Waals surface area contributed by atoms with Gasteiger partial charge in [-0.1, -0.05) is 12.1 Å². The van der Waals surface area contributed by atoms with Crippen LogP contribution >= 0.6 is 0 Å². The van der Waals surface area contributed by atoms with E-state index in [1.54, 1.807) is 12.1 Å². The molecule has 2 aromatic rings. The zero-order chi connectivity index (χ0) is 18.7. The van der Waals surface area contributed by atoms with Crippen molar-refractivity contribution in [3.63, 3.8) is 0 Å². The van der Waals surface area contributed by atoms with E-state index in [-0.39, 0.29) is 30.2 Å². The summed E-state index contributed by atoms with van der Waals surface area (Å²) in [6, 6.07) is 4.69. The van der Waals surface area contributed by atoms with Gasteiger partial charge < -0.3 is 25.8 Å². The average Bonchev–Trinajstić information content (AvgIpc) is 3.02. The molecule has 1 amide bonds. The number of nitrogens with zero attached hydrogens (tertiary/aromatic N) is 3. The molecule has 26 heavy (non-hydrogen) atoms. The van der Waals surface area contributed by atoms with Gasteiger partial charge in [-0.15, -0.1) is 0 Å². The molecule has 0 saturated carbocycles. The number of carboxylic acid groups (broad SMARTS) is 1. The Bertz CT molecular complexity index is 827. The highest BCUT2D eigenvalue weighted by molar-refractivity contribution is 6.47. The third kappa shape index (κ3) is 3.84. The lowest BCUT2D eigenvalue weighted by molar-refractivity contribution is -0.122. The quantitative estimate of drug-likeness (QED) is 0.460. The highest BCUT2D eigenvalue weighted by atomic mass is 16.5. The molecule has 0 saturated heterocycles. The Morgan fingerprint density at radius 1 is 1.46 bits per heavy atom. The molecule has 2 heterocycles. The molecule has 3 rings (SSSR count). The van der Waals surface area contributed by atoms with E-state index < -0.39 is 19.0 Å². The van der Waals surface area contributed by atoms with Crippen LogP contribution in [-0.4, -0.2) is 56.4 Å². The number of carboxylic acids is 1. The van der Waals surface area contributed by atoms with Crippen molar-refractivity contribution in [2.75, 3.05) is 6.54 Å². The summed E-state index contributed by atoms with van der Waals surface area (Å²) in [5.74, 6) is -1.54. The van der Waals surface area contributed by atoms with Gasteiger partial charge in [0.1, 0.15) is 18.6 Å². The predicted molar refractivity (Wildman–Crippen MR) is 90.4 cm³/mol. The summed E-state index contributed by atoms with van der Waals surface area (Å²) in [5, 5.41) is 26.1. The minimum atomic E-state index is -1.35. The summed E-state index contributed by atoms with van der Waals surface area (Å²) in [7, 11) is -1.35. The Labute approximate surface area is 149 Å².